The average molecular weight is 64.0 g/mol. The fourth-order valence-electron chi connectivity index (χ4n) is 0. The van der Waals surface area contributed by atoms with Crippen LogP contribution in [0.4, 0.5) is 4.70 Å². The van der Waals surface area contributed by atoms with Crippen molar-refractivity contribution >= 4 is 6.41 Å². The first-order chi connectivity index (χ1) is 1.41. The highest BCUT2D eigenvalue weighted by atomic mass is 19.0. The van der Waals surface area contributed by atoms with Crippen LogP contribution in [0.3, 0.4) is 0 Å². The van der Waals surface area contributed by atoms with E-state index in [4.69, 9.17) is 4.79 Å². The van der Waals surface area contributed by atoms with Gasteiger partial charge in [-0.3, -0.25) is 9.50 Å². The van der Waals surface area contributed by atoms with Crippen molar-refractivity contribution < 1.29 is 9.50 Å². The molecule has 3 heteroatoms. The molecule has 0 aromatic carbocycles. The highest BCUT2D eigenvalue weighted by Crippen LogP contribution is 0.809. The Bertz CT molecular complexity index is 15.5. The van der Waals surface area contributed by atoms with Crippen LogP contribution in [0.2, 0.25) is 0 Å². The molecule has 1 radical (unpaired) electrons. The van der Waals surface area contributed by atoms with E-state index in [-0.39, 0.29) is 4.70 Å². The van der Waals surface area contributed by atoms with E-state index in [2.05, 4.69) is 5.73 Å². The summed E-state index contributed by atoms with van der Waals surface area (Å²) in [5.41, 5.74) is 4.04. The first kappa shape index (κ1) is 9.99. The molecule has 0 aliphatic carbocycles. The summed E-state index contributed by atoms with van der Waals surface area (Å²) in [6, 6.07) is 0. The molecule has 0 saturated heterocycles. The van der Waals surface area contributed by atoms with Crippen molar-refractivity contribution in [2.75, 3.05) is 0 Å². The van der Waals surface area contributed by atoms with Crippen LogP contribution in [0.25, 0.3) is 0 Å². The molecular weight excluding hydrogens is 61.0 g/mol. The van der Waals surface area contributed by atoms with Crippen LogP contribution in [0, 0.1) is 0 Å². The second-order valence-electron chi connectivity index (χ2n) is 0.118. The van der Waals surface area contributed by atoms with Gasteiger partial charge in [0.05, 0.1) is 0 Å². The van der Waals surface area contributed by atoms with Crippen molar-refractivity contribution in [1.82, 2.24) is 0 Å². The highest BCUT2D eigenvalue weighted by molar-refractivity contribution is 5.43. The normalized spacial score (nSPS) is 3.00. The first-order valence-corrected chi connectivity index (χ1v) is 0.493. The molecule has 0 aromatic rings. The third-order valence-corrected chi connectivity index (χ3v) is 0. The number of primary amides is 1. The van der Waals surface area contributed by atoms with Gasteiger partial charge in [0.15, 0.2) is 0 Å². The minimum absolute atomic E-state index is 0. The van der Waals surface area contributed by atoms with Crippen LogP contribution in [-0.4, -0.2) is 6.41 Å². The van der Waals surface area contributed by atoms with Gasteiger partial charge in [-0.2, -0.15) is 0 Å². The van der Waals surface area contributed by atoms with Crippen LogP contribution >= 0.6 is 0 Å². The van der Waals surface area contributed by atoms with Gasteiger partial charge in [0.1, 0.15) is 0 Å². The Balaban J connectivity index is 0. The monoisotopic (exact) mass is 64.0 g/mol. The van der Waals surface area contributed by atoms with E-state index in [1.54, 1.807) is 0 Å². The summed E-state index contributed by atoms with van der Waals surface area (Å²) in [6.07, 6.45) is 1.00. The van der Waals surface area contributed by atoms with E-state index >= 15 is 0 Å². The summed E-state index contributed by atoms with van der Waals surface area (Å²) in [5, 5.41) is 0. The third-order valence-electron chi connectivity index (χ3n) is 0. The minimum atomic E-state index is 0. The average Bonchev–Trinajstić information content (AvgIpc) is 0.918. The Kier molecular flexibility index (Phi) is 73.4. The van der Waals surface area contributed by atoms with Crippen molar-refractivity contribution in [1.29, 1.82) is 0 Å². The number of hydrogen-bond donors (Lipinski definition) is 1. The predicted octanol–water partition coefficient (Wildman–Crippen LogP) is -0.835. The SMILES string of the molecule is F.N[C]=O. The standard InChI is InChI=1S/CH2NO.FH/c2-1-3;/h(H2,2,3);1H. The molecule has 0 heterocycles. The van der Waals surface area contributed by atoms with Crippen LogP contribution in [0.1, 0.15) is 0 Å². The summed E-state index contributed by atoms with van der Waals surface area (Å²) in [7, 11) is 0. The lowest BCUT2D eigenvalue weighted by atomic mass is 11.5. The lowest BCUT2D eigenvalue weighted by Crippen LogP contribution is -1.82. The Hall–Kier alpha value is -0.600. The maximum atomic E-state index is 8.46. The van der Waals surface area contributed by atoms with E-state index in [1.165, 1.54) is 0 Å². The van der Waals surface area contributed by atoms with Crippen LogP contribution in [0.15, 0.2) is 0 Å². The summed E-state index contributed by atoms with van der Waals surface area (Å²) >= 11 is 0. The van der Waals surface area contributed by atoms with Crippen LogP contribution in [0.5, 0.6) is 0 Å². The first-order valence-electron chi connectivity index (χ1n) is 0.493. The minimum Gasteiger partial charge on any atom is -0.361 e. The lowest BCUT2D eigenvalue weighted by molar-refractivity contribution is 0.557. The molecule has 0 saturated carbocycles. The van der Waals surface area contributed by atoms with Crippen molar-refractivity contribution in [3.63, 3.8) is 0 Å². The van der Waals surface area contributed by atoms with Gasteiger partial charge >= 0.3 is 6.41 Å². The third kappa shape index (κ3) is 0.622. The quantitative estimate of drug-likeness (QED) is 0.367. The van der Waals surface area contributed by atoms with Gasteiger partial charge in [-0.25, -0.2) is 0 Å². The van der Waals surface area contributed by atoms with Crippen molar-refractivity contribution in [3.05, 3.63) is 0 Å². The zero-order valence-electron chi connectivity index (χ0n) is 1.89. The molecule has 0 unspecified atom stereocenters. The fraction of sp³-hybridized carbons (Fsp3) is 0. The molecule has 2 nitrogen and oxygen atoms in total. The molecule has 0 atom stereocenters. The predicted molar refractivity (Wildman–Crippen MR) is 12.4 cm³/mol. The fourth-order valence-corrected chi connectivity index (χ4v) is 0. The molecule has 0 rings (SSSR count). The molecule has 0 aliphatic heterocycles. The van der Waals surface area contributed by atoms with Gasteiger partial charge in [-0.05, 0) is 0 Å². The van der Waals surface area contributed by atoms with Crippen molar-refractivity contribution in [3.8, 4) is 0 Å². The number of carbonyl (C=O) groups excluding carboxylic acids is 1. The number of rotatable bonds is 0. The molecule has 0 spiro atoms. The Morgan fingerprint density at radius 2 is 1.75 bits per heavy atom. The molecule has 0 bridgehead atoms. The van der Waals surface area contributed by atoms with Crippen LogP contribution in [-0.2, 0) is 4.79 Å². The van der Waals surface area contributed by atoms with E-state index < -0.39 is 0 Å². The highest BCUT2D eigenvalue weighted by Gasteiger charge is 1.25. The van der Waals surface area contributed by atoms with Gasteiger partial charge in [-0.15, -0.1) is 0 Å². The number of amides is 1. The van der Waals surface area contributed by atoms with Gasteiger partial charge < -0.3 is 5.73 Å². The number of halogens is 1. The number of nitrogens with two attached hydrogens (primary N) is 1. The molecule has 4 heavy (non-hydrogen) atoms. The maximum absolute atomic E-state index is 8.46. The van der Waals surface area contributed by atoms with Crippen molar-refractivity contribution in [2.45, 2.75) is 0 Å². The van der Waals surface area contributed by atoms with Gasteiger partial charge in [0.2, 0.25) is 0 Å². The summed E-state index contributed by atoms with van der Waals surface area (Å²) < 4.78 is 0. The lowest BCUT2D eigenvalue weighted by Gasteiger charge is -1.28. The molecule has 0 aliphatic rings. The zero-order valence-corrected chi connectivity index (χ0v) is 1.89. The van der Waals surface area contributed by atoms with Crippen molar-refractivity contribution in [2.24, 2.45) is 5.73 Å². The van der Waals surface area contributed by atoms with Gasteiger partial charge in [-0.1, -0.05) is 0 Å². The summed E-state index contributed by atoms with van der Waals surface area (Å²) in [5.74, 6) is 0. The topological polar surface area (TPSA) is 43.1 Å². The van der Waals surface area contributed by atoms with E-state index in [0.29, 0.717) is 0 Å². The Morgan fingerprint density at radius 1 is 1.75 bits per heavy atom. The molecule has 1 amide bonds. The molecular formula is CH3FNO. The number of hydrogen-bond acceptors (Lipinski definition) is 1. The van der Waals surface area contributed by atoms with E-state index in [1.807, 2.05) is 0 Å². The second-order valence-corrected chi connectivity index (χ2v) is 0.118. The smallest absolute Gasteiger partial charge is 0.306 e. The zero-order chi connectivity index (χ0) is 2.71. The largest absolute Gasteiger partial charge is 0.361 e. The van der Waals surface area contributed by atoms with Gasteiger partial charge in [0.25, 0.3) is 0 Å². The summed E-state index contributed by atoms with van der Waals surface area (Å²) in [4.78, 5) is 8.46. The van der Waals surface area contributed by atoms with E-state index in [9.17, 15) is 0 Å². The summed E-state index contributed by atoms with van der Waals surface area (Å²) in [6.45, 7) is 0. The molecule has 25 valence electrons. The Morgan fingerprint density at radius 3 is 1.75 bits per heavy atom. The molecule has 0 fully saturated rings. The van der Waals surface area contributed by atoms with Gasteiger partial charge in [0, 0.05) is 0 Å². The molecule has 2 N–H and O–H groups in total. The maximum Gasteiger partial charge on any atom is 0.306 e. The Labute approximate surface area is 23.0 Å². The molecule has 0 aromatic heterocycles. The van der Waals surface area contributed by atoms with Crippen LogP contribution < -0.4 is 5.73 Å². The second kappa shape index (κ2) is 29.4. The van der Waals surface area contributed by atoms with E-state index in [0.717, 1.165) is 6.41 Å².